The van der Waals surface area contributed by atoms with Gasteiger partial charge in [-0.25, -0.2) is 15.0 Å². The van der Waals surface area contributed by atoms with Crippen molar-refractivity contribution in [2.75, 3.05) is 29.5 Å². The summed E-state index contributed by atoms with van der Waals surface area (Å²) in [5.74, 6) is 1.47. The first-order valence-electron chi connectivity index (χ1n) is 10.2. The van der Waals surface area contributed by atoms with Gasteiger partial charge in [0.05, 0.1) is 16.8 Å². The lowest BCUT2D eigenvalue weighted by atomic mass is 10.2. The summed E-state index contributed by atoms with van der Waals surface area (Å²) >= 11 is 0. The highest BCUT2D eigenvalue weighted by atomic mass is 16.6. The van der Waals surface area contributed by atoms with Crippen LogP contribution >= 0.6 is 0 Å². The van der Waals surface area contributed by atoms with Crippen molar-refractivity contribution in [2.45, 2.75) is 20.4 Å². The molecule has 0 unspecified atom stereocenters. The highest BCUT2D eigenvalue weighted by Gasteiger charge is 2.13. The molecule has 4 heterocycles. The van der Waals surface area contributed by atoms with E-state index in [0.29, 0.717) is 30.8 Å². The third-order valence-corrected chi connectivity index (χ3v) is 4.68. The number of rotatable bonds is 9. The molecule has 0 aliphatic carbocycles. The molecule has 4 aromatic rings. The van der Waals surface area contributed by atoms with Gasteiger partial charge in [-0.3, -0.25) is 19.2 Å². The molecule has 0 spiro atoms. The van der Waals surface area contributed by atoms with Crippen LogP contribution in [0.1, 0.15) is 13.8 Å². The molecular formula is C20H24N10O2. The topological polar surface area (TPSA) is 154 Å². The van der Waals surface area contributed by atoms with Crippen LogP contribution in [0, 0.1) is 16.0 Å². The highest BCUT2D eigenvalue weighted by molar-refractivity contribution is 5.65. The number of nitrogens with two attached hydrogens (primary N) is 1. The van der Waals surface area contributed by atoms with Crippen LogP contribution in [-0.4, -0.2) is 47.1 Å². The Bertz CT molecular complexity index is 1250. The number of hydrogen-bond donors (Lipinski definition) is 3. The number of anilines is 3. The van der Waals surface area contributed by atoms with Gasteiger partial charge in [-0.15, -0.1) is 0 Å². The Kier molecular flexibility index (Phi) is 5.83. The third kappa shape index (κ3) is 4.58. The molecule has 32 heavy (non-hydrogen) atoms. The third-order valence-electron chi connectivity index (χ3n) is 4.68. The summed E-state index contributed by atoms with van der Waals surface area (Å²) in [4.78, 5) is 23.4. The highest BCUT2D eigenvalue weighted by Crippen LogP contribution is 2.22. The van der Waals surface area contributed by atoms with E-state index in [4.69, 9.17) is 10.7 Å². The second-order valence-electron chi connectivity index (χ2n) is 7.68. The molecule has 166 valence electrons. The van der Waals surface area contributed by atoms with Crippen LogP contribution in [0.2, 0.25) is 0 Å². The molecule has 12 heteroatoms. The van der Waals surface area contributed by atoms with Gasteiger partial charge >= 0.3 is 5.69 Å². The van der Waals surface area contributed by atoms with E-state index < -0.39 is 4.92 Å². The van der Waals surface area contributed by atoms with Crippen LogP contribution in [0.4, 0.5) is 23.3 Å². The normalized spacial score (nSPS) is 11.2. The minimum Gasteiger partial charge on any atom is -0.378 e. The predicted octanol–water partition coefficient (Wildman–Crippen LogP) is 2.66. The van der Waals surface area contributed by atoms with Crippen molar-refractivity contribution in [3.05, 3.63) is 53.1 Å². The lowest BCUT2D eigenvalue weighted by molar-refractivity contribution is -0.384. The summed E-state index contributed by atoms with van der Waals surface area (Å²) in [6.45, 7) is 6.15. The van der Waals surface area contributed by atoms with E-state index in [0.717, 1.165) is 23.4 Å². The predicted molar refractivity (Wildman–Crippen MR) is 121 cm³/mol. The molecule has 0 aliphatic rings. The lowest BCUT2D eigenvalue weighted by Crippen LogP contribution is -2.17. The van der Waals surface area contributed by atoms with Crippen molar-refractivity contribution in [3.63, 3.8) is 0 Å². The average molecular weight is 436 g/mol. The maximum atomic E-state index is 10.8. The van der Waals surface area contributed by atoms with E-state index in [-0.39, 0.29) is 11.5 Å². The van der Waals surface area contributed by atoms with Crippen LogP contribution in [0.5, 0.6) is 0 Å². The van der Waals surface area contributed by atoms with Crippen molar-refractivity contribution in [2.24, 2.45) is 5.92 Å². The van der Waals surface area contributed by atoms with E-state index in [1.807, 2.05) is 27.5 Å². The zero-order valence-electron chi connectivity index (χ0n) is 17.8. The van der Waals surface area contributed by atoms with Crippen molar-refractivity contribution in [3.8, 4) is 11.3 Å². The molecule has 0 amide bonds. The number of hydrogen-bond acceptors (Lipinski definition) is 9. The van der Waals surface area contributed by atoms with Crippen molar-refractivity contribution in [1.29, 1.82) is 0 Å². The van der Waals surface area contributed by atoms with Crippen molar-refractivity contribution in [1.82, 2.24) is 29.1 Å². The Morgan fingerprint density at radius 3 is 2.78 bits per heavy atom. The SMILES string of the molecule is CC(C)Cn1cc(-c2cc3nccn3c(NCCNc3ccc([N+](=O)[O-])c(N)n3)n2)cn1. The summed E-state index contributed by atoms with van der Waals surface area (Å²) in [5, 5.41) is 21.7. The molecule has 0 atom stereocenters. The van der Waals surface area contributed by atoms with Gasteiger partial charge in [0.2, 0.25) is 11.8 Å². The molecule has 0 aromatic carbocycles. The molecular weight excluding hydrogens is 412 g/mol. The fraction of sp³-hybridized carbons (Fsp3) is 0.300. The Labute approximate surface area is 183 Å². The minimum absolute atomic E-state index is 0.125. The molecule has 0 saturated carbocycles. The summed E-state index contributed by atoms with van der Waals surface area (Å²) in [6, 6.07) is 4.78. The summed E-state index contributed by atoms with van der Waals surface area (Å²) in [6.07, 6.45) is 7.34. The first-order chi connectivity index (χ1) is 15.4. The van der Waals surface area contributed by atoms with E-state index in [9.17, 15) is 10.1 Å². The maximum absolute atomic E-state index is 10.8. The smallest absolute Gasteiger partial charge is 0.311 e. The molecule has 0 aliphatic heterocycles. The van der Waals surface area contributed by atoms with Gasteiger partial charge in [0.1, 0.15) is 11.5 Å². The average Bonchev–Trinajstić information content (AvgIpc) is 3.39. The molecule has 12 nitrogen and oxygen atoms in total. The number of nitrogens with zero attached hydrogens (tertiary/aromatic N) is 7. The van der Waals surface area contributed by atoms with Gasteiger partial charge in [0, 0.05) is 55.9 Å². The number of aromatic nitrogens is 6. The second-order valence-corrected chi connectivity index (χ2v) is 7.68. The number of fused-ring (bicyclic) bond motifs is 1. The Balaban J connectivity index is 1.45. The number of nitrogen functional groups attached to an aromatic ring is 1. The first-order valence-corrected chi connectivity index (χ1v) is 10.2. The van der Waals surface area contributed by atoms with Gasteiger partial charge in [-0.1, -0.05) is 13.8 Å². The van der Waals surface area contributed by atoms with Gasteiger partial charge in [-0.2, -0.15) is 5.10 Å². The largest absolute Gasteiger partial charge is 0.378 e. The van der Waals surface area contributed by atoms with Gasteiger partial charge in [0.15, 0.2) is 0 Å². The van der Waals surface area contributed by atoms with Crippen LogP contribution in [0.25, 0.3) is 16.9 Å². The standard InChI is InChI=1S/C20H24N10O2/c1-13(2)11-28-12-14(10-25-28)15-9-18-23-7-8-29(18)20(26-15)24-6-5-22-17-4-3-16(30(31)32)19(21)27-17/h3-4,7-10,12-13H,5-6,11H2,1-2H3,(H,24,26)(H3,21,22,27). The summed E-state index contributed by atoms with van der Waals surface area (Å²) in [5.41, 5.74) is 7.89. The zero-order valence-corrected chi connectivity index (χ0v) is 17.8. The van der Waals surface area contributed by atoms with Gasteiger partial charge in [-0.05, 0) is 12.0 Å². The van der Waals surface area contributed by atoms with Crippen LogP contribution in [0.3, 0.4) is 0 Å². The van der Waals surface area contributed by atoms with Crippen molar-refractivity contribution < 1.29 is 4.92 Å². The molecule has 0 radical (unpaired) electrons. The van der Waals surface area contributed by atoms with E-state index in [1.165, 1.54) is 12.1 Å². The molecule has 4 N–H and O–H groups in total. The Morgan fingerprint density at radius 2 is 2.03 bits per heavy atom. The van der Waals surface area contributed by atoms with Crippen LogP contribution < -0.4 is 16.4 Å². The summed E-state index contributed by atoms with van der Waals surface area (Å²) < 4.78 is 3.78. The quantitative estimate of drug-likeness (QED) is 0.204. The second kappa shape index (κ2) is 8.88. The number of imidazole rings is 1. The zero-order chi connectivity index (χ0) is 22.7. The number of pyridine rings is 1. The van der Waals surface area contributed by atoms with E-state index in [2.05, 4.69) is 39.5 Å². The molecule has 4 aromatic heterocycles. The fourth-order valence-corrected chi connectivity index (χ4v) is 3.25. The Hall–Kier alpha value is -4.22. The molecule has 4 rings (SSSR count). The van der Waals surface area contributed by atoms with Gasteiger partial charge < -0.3 is 16.4 Å². The summed E-state index contributed by atoms with van der Waals surface area (Å²) in [7, 11) is 0. The monoisotopic (exact) mass is 436 g/mol. The molecule has 0 saturated heterocycles. The minimum atomic E-state index is -0.560. The Morgan fingerprint density at radius 1 is 1.22 bits per heavy atom. The molecule has 0 bridgehead atoms. The lowest BCUT2D eigenvalue weighted by Gasteiger charge is -2.11. The van der Waals surface area contributed by atoms with E-state index in [1.54, 1.807) is 12.4 Å². The van der Waals surface area contributed by atoms with Crippen LogP contribution in [0.15, 0.2) is 43.0 Å². The van der Waals surface area contributed by atoms with Gasteiger partial charge in [0.25, 0.3) is 0 Å². The first kappa shape index (κ1) is 21.0. The number of nitrogens with one attached hydrogen (secondary N) is 2. The van der Waals surface area contributed by atoms with Crippen LogP contribution in [-0.2, 0) is 6.54 Å². The molecule has 0 fully saturated rings. The van der Waals surface area contributed by atoms with Crippen molar-refractivity contribution >= 4 is 28.9 Å². The number of nitro groups is 1. The van der Waals surface area contributed by atoms with E-state index >= 15 is 0 Å². The maximum Gasteiger partial charge on any atom is 0.311 e. The fourth-order valence-electron chi connectivity index (χ4n) is 3.25.